The molecule has 0 saturated heterocycles. The quantitative estimate of drug-likeness (QED) is 0.893. The molecule has 0 heterocycles. The Bertz CT molecular complexity index is 426. The van der Waals surface area contributed by atoms with Crippen LogP contribution in [0.3, 0.4) is 0 Å². The lowest BCUT2D eigenvalue weighted by Gasteiger charge is -2.20. The standard InChI is InChI=1S/C12H14BrNO3/c1-12(2,11(16)17)14-10(15)7-8-3-5-9(13)6-4-8/h3-6H,7H2,1-2H3,(H,14,15)(H,16,17). The van der Waals surface area contributed by atoms with Crippen molar-refractivity contribution in [1.82, 2.24) is 5.32 Å². The summed E-state index contributed by atoms with van der Waals surface area (Å²) in [6.45, 7) is 2.91. The molecule has 0 spiro atoms. The number of nitrogens with one attached hydrogen (secondary N) is 1. The lowest BCUT2D eigenvalue weighted by molar-refractivity contribution is -0.145. The molecule has 2 N–H and O–H groups in total. The molecular weight excluding hydrogens is 286 g/mol. The van der Waals surface area contributed by atoms with Crippen LogP contribution in [0.25, 0.3) is 0 Å². The summed E-state index contributed by atoms with van der Waals surface area (Å²) in [7, 11) is 0. The third-order valence-electron chi connectivity index (χ3n) is 2.26. The first kappa shape index (κ1) is 13.7. The molecule has 1 aromatic rings. The van der Waals surface area contributed by atoms with E-state index in [2.05, 4.69) is 21.2 Å². The molecule has 0 bridgehead atoms. The van der Waals surface area contributed by atoms with Gasteiger partial charge in [-0.1, -0.05) is 28.1 Å². The molecule has 0 atom stereocenters. The van der Waals surface area contributed by atoms with Crippen molar-refractivity contribution in [2.24, 2.45) is 0 Å². The number of carboxylic acids is 1. The number of benzene rings is 1. The van der Waals surface area contributed by atoms with Gasteiger partial charge in [-0.05, 0) is 31.5 Å². The molecule has 1 rings (SSSR count). The summed E-state index contributed by atoms with van der Waals surface area (Å²) >= 11 is 3.30. The summed E-state index contributed by atoms with van der Waals surface area (Å²) in [5, 5.41) is 11.3. The van der Waals surface area contributed by atoms with Crippen LogP contribution >= 0.6 is 15.9 Å². The fourth-order valence-corrected chi connectivity index (χ4v) is 1.50. The molecule has 5 heteroatoms. The highest BCUT2D eigenvalue weighted by atomic mass is 79.9. The van der Waals surface area contributed by atoms with Crippen molar-refractivity contribution in [2.45, 2.75) is 25.8 Å². The number of carboxylic acid groups (broad SMARTS) is 1. The molecule has 1 amide bonds. The molecule has 0 unspecified atom stereocenters. The highest BCUT2D eigenvalue weighted by molar-refractivity contribution is 9.10. The number of rotatable bonds is 4. The SMILES string of the molecule is CC(C)(NC(=O)Cc1ccc(Br)cc1)C(=O)O. The Hall–Kier alpha value is -1.36. The minimum Gasteiger partial charge on any atom is -0.480 e. The predicted molar refractivity (Wildman–Crippen MR) is 67.7 cm³/mol. The van der Waals surface area contributed by atoms with E-state index in [0.29, 0.717) is 0 Å². The van der Waals surface area contributed by atoms with E-state index >= 15 is 0 Å². The van der Waals surface area contributed by atoms with Gasteiger partial charge in [0.2, 0.25) is 5.91 Å². The Kier molecular flexibility index (Phi) is 4.28. The van der Waals surface area contributed by atoms with E-state index < -0.39 is 11.5 Å². The third-order valence-corrected chi connectivity index (χ3v) is 2.79. The molecule has 0 aliphatic heterocycles. The van der Waals surface area contributed by atoms with Crippen molar-refractivity contribution < 1.29 is 14.7 Å². The van der Waals surface area contributed by atoms with Crippen LogP contribution < -0.4 is 5.32 Å². The van der Waals surface area contributed by atoms with Gasteiger partial charge in [0.05, 0.1) is 6.42 Å². The summed E-state index contributed by atoms with van der Waals surface area (Å²) in [4.78, 5) is 22.5. The fraction of sp³-hybridized carbons (Fsp3) is 0.333. The van der Waals surface area contributed by atoms with Crippen LogP contribution in [0.2, 0.25) is 0 Å². The molecule has 0 saturated carbocycles. The van der Waals surface area contributed by atoms with E-state index in [1.54, 1.807) is 0 Å². The van der Waals surface area contributed by atoms with Crippen molar-refractivity contribution in [3.05, 3.63) is 34.3 Å². The summed E-state index contributed by atoms with van der Waals surface area (Å²) < 4.78 is 0.938. The van der Waals surface area contributed by atoms with Gasteiger partial charge in [0, 0.05) is 4.47 Å². The van der Waals surface area contributed by atoms with Gasteiger partial charge in [-0.3, -0.25) is 4.79 Å². The topological polar surface area (TPSA) is 66.4 Å². The van der Waals surface area contributed by atoms with E-state index in [4.69, 9.17) is 5.11 Å². The number of halogens is 1. The molecule has 17 heavy (non-hydrogen) atoms. The van der Waals surface area contributed by atoms with E-state index in [-0.39, 0.29) is 12.3 Å². The zero-order chi connectivity index (χ0) is 13.1. The second-order valence-electron chi connectivity index (χ2n) is 4.28. The Balaban J connectivity index is 2.62. The van der Waals surface area contributed by atoms with Crippen molar-refractivity contribution in [3.8, 4) is 0 Å². The number of amides is 1. The second-order valence-corrected chi connectivity index (χ2v) is 5.20. The normalized spacial score (nSPS) is 11.0. The van der Waals surface area contributed by atoms with Gasteiger partial charge in [-0.15, -0.1) is 0 Å². The first-order valence-electron chi connectivity index (χ1n) is 5.10. The van der Waals surface area contributed by atoms with E-state index in [0.717, 1.165) is 10.0 Å². The average molecular weight is 300 g/mol. The largest absolute Gasteiger partial charge is 0.480 e. The van der Waals surface area contributed by atoms with Gasteiger partial charge in [-0.25, -0.2) is 4.79 Å². The van der Waals surface area contributed by atoms with E-state index in [9.17, 15) is 9.59 Å². The van der Waals surface area contributed by atoms with Gasteiger partial charge in [-0.2, -0.15) is 0 Å². The molecular formula is C12H14BrNO3. The van der Waals surface area contributed by atoms with Crippen LogP contribution in [-0.4, -0.2) is 22.5 Å². The van der Waals surface area contributed by atoms with Crippen LogP contribution in [0.4, 0.5) is 0 Å². The lowest BCUT2D eigenvalue weighted by atomic mass is 10.1. The van der Waals surface area contributed by atoms with Crippen molar-refractivity contribution in [3.63, 3.8) is 0 Å². The number of aliphatic carboxylic acids is 1. The molecule has 0 fully saturated rings. The number of hydrogen-bond donors (Lipinski definition) is 2. The zero-order valence-electron chi connectivity index (χ0n) is 9.66. The minimum atomic E-state index is -1.24. The van der Waals surface area contributed by atoms with Crippen molar-refractivity contribution in [2.75, 3.05) is 0 Å². The third kappa shape index (κ3) is 4.19. The minimum absolute atomic E-state index is 0.171. The second kappa shape index (κ2) is 5.31. The molecule has 92 valence electrons. The van der Waals surface area contributed by atoms with Crippen molar-refractivity contribution >= 4 is 27.8 Å². The molecule has 1 aromatic carbocycles. The predicted octanol–water partition coefficient (Wildman–Crippen LogP) is 1.97. The zero-order valence-corrected chi connectivity index (χ0v) is 11.2. The van der Waals surface area contributed by atoms with Crippen LogP contribution in [0, 0.1) is 0 Å². The van der Waals surface area contributed by atoms with E-state index in [1.807, 2.05) is 24.3 Å². The van der Waals surface area contributed by atoms with Crippen LogP contribution in [-0.2, 0) is 16.0 Å². The summed E-state index contributed by atoms with van der Waals surface area (Å²) in [6.07, 6.45) is 0.171. The maximum absolute atomic E-state index is 11.6. The van der Waals surface area contributed by atoms with Gasteiger partial charge >= 0.3 is 5.97 Å². The maximum atomic E-state index is 11.6. The first-order valence-corrected chi connectivity index (χ1v) is 5.89. The highest BCUT2D eigenvalue weighted by Crippen LogP contribution is 2.11. The monoisotopic (exact) mass is 299 g/mol. The molecule has 0 aliphatic rings. The number of hydrogen-bond acceptors (Lipinski definition) is 2. The Morgan fingerprint density at radius 3 is 2.29 bits per heavy atom. The van der Waals surface area contributed by atoms with Gasteiger partial charge < -0.3 is 10.4 Å². The van der Waals surface area contributed by atoms with Crippen LogP contribution in [0.1, 0.15) is 19.4 Å². The van der Waals surface area contributed by atoms with Crippen molar-refractivity contribution in [1.29, 1.82) is 0 Å². The summed E-state index contributed by atoms with van der Waals surface area (Å²) in [5.74, 6) is -1.36. The summed E-state index contributed by atoms with van der Waals surface area (Å²) in [6, 6.07) is 7.31. The number of carbonyl (C=O) groups excluding carboxylic acids is 1. The van der Waals surface area contributed by atoms with Gasteiger partial charge in [0.15, 0.2) is 0 Å². The fourth-order valence-electron chi connectivity index (χ4n) is 1.23. The van der Waals surface area contributed by atoms with E-state index in [1.165, 1.54) is 13.8 Å². The first-order chi connectivity index (χ1) is 7.81. The number of carbonyl (C=O) groups is 2. The Labute approximate surface area is 108 Å². The average Bonchev–Trinajstić information content (AvgIpc) is 2.20. The smallest absolute Gasteiger partial charge is 0.328 e. The Morgan fingerprint density at radius 1 is 1.29 bits per heavy atom. The lowest BCUT2D eigenvalue weighted by Crippen LogP contribution is -2.50. The van der Waals surface area contributed by atoms with Crippen LogP contribution in [0.5, 0.6) is 0 Å². The molecule has 0 aromatic heterocycles. The molecule has 4 nitrogen and oxygen atoms in total. The molecule has 0 aliphatic carbocycles. The summed E-state index contributed by atoms with van der Waals surface area (Å²) in [5.41, 5.74) is -0.404. The van der Waals surface area contributed by atoms with Gasteiger partial charge in [0.25, 0.3) is 0 Å². The van der Waals surface area contributed by atoms with Gasteiger partial charge in [0.1, 0.15) is 5.54 Å². The van der Waals surface area contributed by atoms with Crippen LogP contribution in [0.15, 0.2) is 28.7 Å². The Morgan fingerprint density at radius 2 is 1.82 bits per heavy atom. The maximum Gasteiger partial charge on any atom is 0.328 e. The highest BCUT2D eigenvalue weighted by Gasteiger charge is 2.28. The molecule has 0 radical (unpaired) electrons.